The molecule has 0 atom stereocenters. The molecule has 100 valence electrons. The van der Waals surface area contributed by atoms with E-state index in [1.54, 1.807) is 32.4 Å². The predicted octanol–water partition coefficient (Wildman–Crippen LogP) is 1.47. The molecular weight excluding hydrogens is 234 g/mol. The second-order valence-corrected chi connectivity index (χ2v) is 3.67. The number of methoxy groups -OCH3 is 3. The van der Waals surface area contributed by atoms with Crippen molar-refractivity contribution in [1.29, 1.82) is 0 Å². The fourth-order valence-corrected chi connectivity index (χ4v) is 1.51. The lowest BCUT2D eigenvalue weighted by atomic mass is 10.1. The van der Waals surface area contributed by atoms with Gasteiger partial charge in [-0.3, -0.25) is 4.79 Å². The Morgan fingerprint density at radius 1 is 1.22 bits per heavy atom. The first-order valence-corrected chi connectivity index (χ1v) is 5.72. The average molecular weight is 253 g/mol. The largest absolute Gasteiger partial charge is 0.497 e. The number of nitrogens with one attached hydrogen (secondary N) is 1. The lowest BCUT2D eigenvalue weighted by Crippen LogP contribution is -2.25. The van der Waals surface area contributed by atoms with Crippen LogP contribution < -0.4 is 14.8 Å². The third-order valence-corrected chi connectivity index (χ3v) is 2.46. The summed E-state index contributed by atoms with van der Waals surface area (Å²) in [6.45, 7) is 1.18. The Balaban J connectivity index is 2.70. The van der Waals surface area contributed by atoms with Gasteiger partial charge in [-0.15, -0.1) is 0 Å². The molecule has 0 aromatic heterocycles. The van der Waals surface area contributed by atoms with Crippen LogP contribution >= 0.6 is 0 Å². The Morgan fingerprint density at radius 3 is 2.61 bits per heavy atom. The summed E-state index contributed by atoms with van der Waals surface area (Å²) < 4.78 is 15.2. The van der Waals surface area contributed by atoms with Gasteiger partial charge in [0.25, 0.3) is 5.91 Å². The number of rotatable bonds is 7. The van der Waals surface area contributed by atoms with E-state index in [9.17, 15) is 4.79 Å². The number of hydrogen-bond donors (Lipinski definition) is 1. The minimum atomic E-state index is -0.179. The maximum absolute atomic E-state index is 12.0. The predicted molar refractivity (Wildman–Crippen MR) is 68.4 cm³/mol. The van der Waals surface area contributed by atoms with Gasteiger partial charge in [0.15, 0.2) is 0 Å². The maximum atomic E-state index is 12.0. The fraction of sp³-hybridized carbons (Fsp3) is 0.462. The Labute approximate surface area is 107 Å². The summed E-state index contributed by atoms with van der Waals surface area (Å²) in [6.07, 6.45) is 0.772. The Hall–Kier alpha value is -1.75. The Morgan fingerprint density at radius 2 is 2.00 bits per heavy atom. The van der Waals surface area contributed by atoms with Crippen molar-refractivity contribution in [2.75, 3.05) is 34.5 Å². The molecule has 0 aliphatic rings. The highest BCUT2D eigenvalue weighted by molar-refractivity contribution is 5.97. The molecule has 0 fully saturated rings. The van der Waals surface area contributed by atoms with Crippen LogP contribution in [0, 0.1) is 0 Å². The van der Waals surface area contributed by atoms with E-state index >= 15 is 0 Å². The fourth-order valence-electron chi connectivity index (χ4n) is 1.51. The molecule has 1 aromatic carbocycles. The van der Waals surface area contributed by atoms with E-state index in [0.717, 1.165) is 6.42 Å². The minimum absolute atomic E-state index is 0.179. The number of hydrogen-bond acceptors (Lipinski definition) is 4. The van der Waals surface area contributed by atoms with Gasteiger partial charge in [0.1, 0.15) is 11.5 Å². The van der Waals surface area contributed by atoms with Crippen LogP contribution in [-0.2, 0) is 4.74 Å². The van der Waals surface area contributed by atoms with E-state index in [4.69, 9.17) is 14.2 Å². The van der Waals surface area contributed by atoms with Gasteiger partial charge >= 0.3 is 0 Å². The average Bonchev–Trinajstić information content (AvgIpc) is 2.42. The lowest BCUT2D eigenvalue weighted by Gasteiger charge is -2.10. The van der Waals surface area contributed by atoms with Crippen LogP contribution in [0.4, 0.5) is 0 Å². The zero-order chi connectivity index (χ0) is 13.4. The molecule has 1 N–H and O–H groups in total. The monoisotopic (exact) mass is 253 g/mol. The van der Waals surface area contributed by atoms with Crippen molar-refractivity contribution < 1.29 is 19.0 Å². The molecule has 0 spiro atoms. The lowest BCUT2D eigenvalue weighted by molar-refractivity contribution is 0.0945. The van der Waals surface area contributed by atoms with Gasteiger partial charge in [-0.25, -0.2) is 0 Å². The van der Waals surface area contributed by atoms with Crippen molar-refractivity contribution in [1.82, 2.24) is 5.32 Å². The highest BCUT2D eigenvalue weighted by atomic mass is 16.5. The summed E-state index contributed by atoms with van der Waals surface area (Å²) in [7, 11) is 4.72. The molecule has 1 amide bonds. The van der Waals surface area contributed by atoms with Crippen molar-refractivity contribution in [3.63, 3.8) is 0 Å². The molecule has 0 aliphatic heterocycles. The van der Waals surface area contributed by atoms with Crippen LogP contribution in [0.1, 0.15) is 16.8 Å². The van der Waals surface area contributed by atoms with Gasteiger partial charge in [-0.05, 0) is 24.6 Å². The molecule has 0 bridgehead atoms. The third kappa shape index (κ3) is 3.92. The first kappa shape index (κ1) is 14.3. The Bertz CT molecular complexity index is 393. The van der Waals surface area contributed by atoms with Crippen LogP contribution in [0.15, 0.2) is 18.2 Å². The van der Waals surface area contributed by atoms with Crippen molar-refractivity contribution >= 4 is 5.91 Å². The van der Waals surface area contributed by atoms with Gasteiger partial charge in [-0.2, -0.15) is 0 Å². The van der Waals surface area contributed by atoms with Crippen LogP contribution in [0.3, 0.4) is 0 Å². The quantitative estimate of drug-likeness (QED) is 0.748. The third-order valence-electron chi connectivity index (χ3n) is 2.46. The van der Waals surface area contributed by atoms with Gasteiger partial charge in [0, 0.05) is 20.3 Å². The van der Waals surface area contributed by atoms with Crippen molar-refractivity contribution in [2.24, 2.45) is 0 Å². The molecule has 5 nitrogen and oxygen atoms in total. The van der Waals surface area contributed by atoms with Gasteiger partial charge in [-0.1, -0.05) is 0 Å². The zero-order valence-corrected chi connectivity index (χ0v) is 11.0. The topological polar surface area (TPSA) is 56.8 Å². The standard InChI is InChI=1S/C13H19NO4/c1-16-8-4-7-14-13(15)11-9-10(17-2)5-6-12(11)18-3/h5-6,9H,4,7-8H2,1-3H3,(H,14,15). The molecular formula is C13H19NO4. The maximum Gasteiger partial charge on any atom is 0.255 e. The smallest absolute Gasteiger partial charge is 0.255 e. The minimum Gasteiger partial charge on any atom is -0.497 e. The number of ether oxygens (including phenoxy) is 3. The molecule has 0 unspecified atom stereocenters. The molecule has 1 rings (SSSR count). The summed E-state index contributed by atoms with van der Waals surface area (Å²) >= 11 is 0. The second kappa shape index (κ2) is 7.55. The first-order valence-electron chi connectivity index (χ1n) is 5.72. The number of carbonyl (C=O) groups excluding carboxylic acids is 1. The zero-order valence-electron chi connectivity index (χ0n) is 11.0. The van der Waals surface area contributed by atoms with Crippen molar-refractivity contribution in [2.45, 2.75) is 6.42 Å². The molecule has 0 radical (unpaired) electrons. The summed E-state index contributed by atoms with van der Waals surface area (Å²) in [5, 5.41) is 2.81. The summed E-state index contributed by atoms with van der Waals surface area (Å²) in [4.78, 5) is 12.0. The van der Waals surface area contributed by atoms with Crippen LogP contribution in [0.25, 0.3) is 0 Å². The summed E-state index contributed by atoms with van der Waals surface area (Å²) in [5.41, 5.74) is 0.467. The van der Waals surface area contributed by atoms with E-state index < -0.39 is 0 Å². The van der Waals surface area contributed by atoms with Crippen molar-refractivity contribution in [3.8, 4) is 11.5 Å². The summed E-state index contributed by atoms with van der Waals surface area (Å²) in [6, 6.07) is 5.12. The van der Waals surface area contributed by atoms with E-state index in [0.29, 0.717) is 30.2 Å². The van der Waals surface area contributed by atoms with Crippen molar-refractivity contribution in [3.05, 3.63) is 23.8 Å². The molecule has 0 aliphatic carbocycles. The van der Waals surface area contributed by atoms with E-state index in [1.807, 2.05) is 0 Å². The molecule has 0 heterocycles. The van der Waals surface area contributed by atoms with E-state index in [1.165, 1.54) is 7.11 Å². The van der Waals surface area contributed by atoms with E-state index in [2.05, 4.69) is 5.32 Å². The molecule has 0 saturated carbocycles. The van der Waals surface area contributed by atoms with Crippen LogP contribution in [0.5, 0.6) is 11.5 Å². The number of benzene rings is 1. The SMILES string of the molecule is COCCCNC(=O)c1cc(OC)ccc1OC. The second-order valence-electron chi connectivity index (χ2n) is 3.67. The van der Waals surface area contributed by atoms with E-state index in [-0.39, 0.29) is 5.91 Å². The van der Waals surface area contributed by atoms with Gasteiger partial charge < -0.3 is 19.5 Å². The summed E-state index contributed by atoms with van der Waals surface area (Å²) in [5.74, 6) is 0.972. The highest BCUT2D eigenvalue weighted by Crippen LogP contribution is 2.23. The number of carbonyl (C=O) groups is 1. The normalized spacial score (nSPS) is 9.94. The molecule has 18 heavy (non-hydrogen) atoms. The van der Waals surface area contributed by atoms with Gasteiger partial charge in [0.2, 0.25) is 0 Å². The van der Waals surface area contributed by atoms with Gasteiger partial charge in [0.05, 0.1) is 19.8 Å². The molecule has 5 heteroatoms. The first-order chi connectivity index (χ1) is 8.72. The Kier molecular flexibility index (Phi) is 6.00. The molecule has 0 saturated heterocycles. The molecule has 1 aromatic rings. The number of amides is 1. The van der Waals surface area contributed by atoms with Crippen LogP contribution in [-0.4, -0.2) is 40.4 Å². The van der Waals surface area contributed by atoms with Crippen LogP contribution in [0.2, 0.25) is 0 Å². The highest BCUT2D eigenvalue weighted by Gasteiger charge is 2.12.